The van der Waals surface area contributed by atoms with Crippen LogP contribution in [-0.2, 0) is 19.6 Å². The number of pyridine rings is 1. The molecule has 7 nitrogen and oxygen atoms in total. The van der Waals surface area contributed by atoms with E-state index in [1.165, 1.54) is 10.5 Å². The van der Waals surface area contributed by atoms with Crippen LogP contribution in [-0.4, -0.2) is 60.8 Å². The Hall–Kier alpha value is -2.29. The molecule has 0 spiro atoms. The summed E-state index contributed by atoms with van der Waals surface area (Å²) >= 11 is 0. The molecule has 2 saturated heterocycles. The molecule has 2 aliphatic heterocycles. The van der Waals surface area contributed by atoms with Gasteiger partial charge in [-0.05, 0) is 37.5 Å². The standard InChI is InChI=1S/C22H27N3O4S/c1-17-15-24(16-21(29-17)18-6-3-2-4-7-18)22(26)19-9-12-25(13-10-19)30(27,28)20-8-5-11-23-14-20/h2-8,11,14,17,19,21H,9-10,12-13,15-16H2,1H3. The van der Waals surface area contributed by atoms with Gasteiger partial charge in [-0.15, -0.1) is 0 Å². The number of hydrogen-bond acceptors (Lipinski definition) is 5. The van der Waals surface area contributed by atoms with E-state index in [-0.39, 0.29) is 28.9 Å². The van der Waals surface area contributed by atoms with Crippen molar-refractivity contribution >= 4 is 15.9 Å². The van der Waals surface area contributed by atoms with Gasteiger partial charge in [0.1, 0.15) is 11.0 Å². The predicted molar refractivity (Wildman–Crippen MR) is 112 cm³/mol. The lowest BCUT2D eigenvalue weighted by atomic mass is 9.95. The van der Waals surface area contributed by atoms with Crippen molar-refractivity contribution in [2.24, 2.45) is 5.92 Å². The van der Waals surface area contributed by atoms with Gasteiger partial charge in [0.25, 0.3) is 0 Å². The number of rotatable bonds is 4. The van der Waals surface area contributed by atoms with Gasteiger partial charge in [-0.25, -0.2) is 8.42 Å². The second kappa shape index (κ2) is 8.83. The van der Waals surface area contributed by atoms with Crippen molar-refractivity contribution < 1.29 is 17.9 Å². The van der Waals surface area contributed by atoms with E-state index in [1.54, 1.807) is 18.3 Å². The Bertz CT molecular complexity index is 960. The molecule has 3 heterocycles. The summed E-state index contributed by atoms with van der Waals surface area (Å²) in [5.74, 6) is -0.0587. The zero-order valence-electron chi connectivity index (χ0n) is 17.1. The van der Waals surface area contributed by atoms with Crippen LogP contribution in [0.4, 0.5) is 0 Å². The first-order valence-electron chi connectivity index (χ1n) is 10.3. The van der Waals surface area contributed by atoms with E-state index in [0.717, 1.165) is 5.56 Å². The van der Waals surface area contributed by atoms with Gasteiger partial charge in [0.15, 0.2) is 0 Å². The van der Waals surface area contributed by atoms with Crippen LogP contribution in [0.3, 0.4) is 0 Å². The van der Waals surface area contributed by atoms with Crippen LogP contribution >= 0.6 is 0 Å². The Balaban J connectivity index is 1.39. The molecule has 2 fully saturated rings. The molecule has 1 aromatic carbocycles. The number of benzene rings is 1. The third-order valence-corrected chi connectivity index (χ3v) is 7.70. The average molecular weight is 430 g/mol. The number of amides is 1. The van der Waals surface area contributed by atoms with Crippen molar-refractivity contribution in [3.8, 4) is 0 Å². The van der Waals surface area contributed by atoms with E-state index in [1.807, 2.05) is 42.2 Å². The molecule has 0 N–H and O–H groups in total. The summed E-state index contributed by atoms with van der Waals surface area (Å²) in [6.45, 7) is 3.77. The lowest BCUT2D eigenvalue weighted by Gasteiger charge is -2.40. The molecular formula is C22H27N3O4S. The minimum atomic E-state index is -3.56. The largest absolute Gasteiger partial charge is 0.367 e. The van der Waals surface area contributed by atoms with E-state index < -0.39 is 10.0 Å². The first kappa shape index (κ1) is 21.0. The Kier molecular flexibility index (Phi) is 6.17. The Labute approximate surface area is 177 Å². The van der Waals surface area contributed by atoms with Gasteiger partial charge in [-0.1, -0.05) is 30.3 Å². The van der Waals surface area contributed by atoms with Gasteiger partial charge in [-0.3, -0.25) is 9.78 Å². The molecule has 2 aliphatic rings. The number of carbonyl (C=O) groups excluding carboxylic acids is 1. The summed E-state index contributed by atoms with van der Waals surface area (Å²) in [6, 6.07) is 13.1. The minimum Gasteiger partial charge on any atom is -0.367 e. The highest BCUT2D eigenvalue weighted by Crippen LogP contribution is 2.29. The van der Waals surface area contributed by atoms with Crippen molar-refractivity contribution in [2.75, 3.05) is 26.2 Å². The van der Waals surface area contributed by atoms with Gasteiger partial charge in [0, 0.05) is 37.9 Å². The summed E-state index contributed by atoms with van der Waals surface area (Å²) in [4.78, 5) is 19.2. The van der Waals surface area contributed by atoms with Gasteiger partial charge in [-0.2, -0.15) is 4.31 Å². The fourth-order valence-electron chi connectivity index (χ4n) is 4.23. The molecule has 0 bridgehead atoms. The van der Waals surface area contributed by atoms with Crippen molar-refractivity contribution in [3.63, 3.8) is 0 Å². The SMILES string of the molecule is CC1CN(C(=O)C2CCN(S(=O)(=O)c3cccnc3)CC2)CC(c2ccccc2)O1. The van der Waals surface area contributed by atoms with Crippen molar-refractivity contribution in [3.05, 3.63) is 60.4 Å². The van der Waals surface area contributed by atoms with E-state index in [0.29, 0.717) is 39.0 Å². The number of ether oxygens (including phenoxy) is 1. The number of sulfonamides is 1. The van der Waals surface area contributed by atoms with Crippen LogP contribution in [0.5, 0.6) is 0 Å². The summed E-state index contributed by atoms with van der Waals surface area (Å²) in [5, 5.41) is 0. The van der Waals surface area contributed by atoms with Crippen LogP contribution in [0.1, 0.15) is 31.4 Å². The first-order valence-corrected chi connectivity index (χ1v) is 11.8. The average Bonchev–Trinajstić information content (AvgIpc) is 2.79. The zero-order chi connectivity index (χ0) is 21.1. The lowest BCUT2D eigenvalue weighted by Crippen LogP contribution is -2.50. The van der Waals surface area contributed by atoms with Gasteiger partial charge in [0.2, 0.25) is 15.9 Å². The van der Waals surface area contributed by atoms with E-state index in [2.05, 4.69) is 4.98 Å². The molecule has 2 aromatic rings. The second-order valence-corrected chi connectivity index (χ2v) is 9.89. The van der Waals surface area contributed by atoms with Crippen LogP contribution in [0.2, 0.25) is 0 Å². The number of carbonyl (C=O) groups is 1. The molecule has 30 heavy (non-hydrogen) atoms. The molecular weight excluding hydrogens is 402 g/mol. The van der Waals surface area contributed by atoms with Crippen LogP contribution in [0.25, 0.3) is 0 Å². The zero-order valence-corrected chi connectivity index (χ0v) is 17.9. The first-order chi connectivity index (χ1) is 14.4. The quantitative estimate of drug-likeness (QED) is 0.746. The molecule has 4 rings (SSSR count). The fraction of sp³-hybridized carbons (Fsp3) is 0.455. The highest BCUT2D eigenvalue weighted by molar-refractivity contribution is 7.89. The maximum Gasteiger partial charge on any atom is 0.244 e. The summed E-state index contributed by atoms with van der Waals surface area (Å²) in [7, 11) is -3.56. The van der Waals surface area contributed by atoms with Crippen LogP contribution in [0.15, 0.2) is 59.8 Å². The Morgan fingerprint density at radius 2 is 1.80 bits per heavy atom. The summed E-state index contributed by atoms with van der Waals surface area (Å²) in [5.41, 5.74) is 1.07. The maximum absolute atomic E-state index is 13.2. The van der Waals surface area contributed by atoms with E-state index in [4.69, 9.17) is 4.74 Å². The fourth-order valence-corrected chi connectivity index (χ4v) is 5.67. The molecule has 0 saturated carbocycles. The third-order valence-electron chi connectivity index (χ3n) is 5.82. The lowest BCUT2D eigenvalue weighted by molar-refractivity contribution is -0.150. The smallest absolute Gasteiger partial charge is 0.244 e. The Morgan fingerprint density at radius 3 is 2.47 bits per heavy atom. The molecule has 1 amide bonds. The number of hydrogen-bond donors (Lipinski definition) is 0. The number of aromatic nitrogens is 1. The van der Waals surface area contributed by atoms with Crippen LogP contribution < -0.4 is 0 Å². The van der Waals surface area contributed by atoms with E-state index >= 15 is 0 Å². The normalized spacial score (nSPS) is 24.0. The maximum atomic E-state index is 13.2. The number of morpholine rings is 1. The van der Waals surface area contributed by atoms with Crippen LogP contribution in [0, 0.1) is 5.92 Å². The molecule has 160 valence electrons. The van der Waals surface area contributed by atoms with Gasteiger partial charge >= 0.3 is 0 Å². The van der Waals surface area contributed by atoms with E-state index in [9.17, 15) is 13.2 Å². The minimum absolute atomic E-state index is 0.0426. The second-order valence-electron chi connectivity index (χ2n) is 7.96. The summed E-state index contributed by atoms with van der Waals surface area (Å²) < 4.78 is 33.1. The number of piperidine rings is 1. The predicted octanol–water partition coefficient (Wildman–Crippen LogP) is 2.47. The van der Waals surface area contributed by atoms with Crippen molar-refractivity contribution in [1.29, 1.82) is 0 Å². The molecule has 1 aromatic heterocycles. The van der Waals surface area contributed by atoms with Gasteiger partial charge in [0.05, 0.1) is 12.6 Å². The monoisotopic (exact) mass is 429 g/mol. The topological polar surface area (TPSA) is 79.8 Å². The molecule has 8 heteroatoms. The molecule has 2 atom stereocenters. The molecule has 0 aliphatic carbocycles. The highest BCUT2D eigenvalue weighted by atomic mass is 32.2. The summed E-state index contributed by atoms with van der Waals surface area (Å²) in [6.07, 6.45) is 3.80. The van der Waals surface area contributed by atoms with Crippen molar-refractivity contribution in [2.45, 2.75) is 36.9 Å². The van der Waals surface area contributed by atoms with Crippen molar-refractivity contribution in [1.82, 2.24) is 14.2 Å². The third kappa shape index (κ3) is 4.40. The molecule has 2 unspecified atom stereocenters. The van der Waals surface area contributed by atoms with Gasteiger partial charge < -0.3 is 9.64 Å². The highest BCUT2D eigenvalue weighted by Gasteiger charge is 2.36. The molecule has 0 radical (unpaired) electrons. The Morgan fingerprint density at radius 1 is 1.07 bits per heavy atom. The number of nitrogens with zero attached hydrogens (tertiary/aromatic N) is 3.